The highest BCUT2D eigenvalue weighted by atomic mass is 16.3. The molecule has 1 heterocycles. The smallest absolute Gasteiger partial charge is 0.115 e. The van der Waals surface area contributed by atoms with Gasteiger partial charge < -0.3 is 15.3 Å². The first-order valence-corrected chi connectivity index (χ1v) is 6.39. The van der Waals surface area contributed by atoms with Gasteiger partial charge >= 0.3 is 0 Å². The first kappa shape index (κ1) is 12.4. The van der Waals surface area contributed by atoms with Gasteiger partial charge in [0.25, 0.3) is 0 Å². The van der Waals surface area contributed by atoms with E-state index in [0.717, 1.165) is 6.54 Å². The predicted molar refractivity (Wildman–Crippen MR) is 70.2 cm³/mol. The van der Waals surface area contributed by atoms with Crippen molar-refractivity contribution in [2.45, 2.75) is 31.8 Å². The van der Waals surface area contributed by atoms with Crippen LogP contribution in [0, 0.1) is 0 Å². The number of likely N-dealkylation sites (N-methyl/N-ethyl adjacent to an activating group) is 1. The molecule has 0 aromatic heterocycles. The van der Waals surface area contributed by atoms with Crippen LogP contribution in [-0.2, 0) is 0 Å². The van der Waals surface area contributed by atoms with E-state index in [4.69, 9.17) is 0 Å². The second kappa shape index (κ2) is 5.52. The third-order valence-electron chi connectivity index (χ3n) is 3.72. The van der Waals surface area contributed by atoms with E-state index in [1.54, 1.807) is 12.1 Å². The summed E-state index contributed by atoms with van der Waals surface area (Å²) in [6.07, 6.45) is 2.61. The van der Waals surface area contributed by atoms with Gasteiger partial charge in [-0.2, -0.15) is 0 Å². The van der Waals surface area contributed by atoms with E-state index < -0.39 is 0 Å². The molecule has 1 fully saturated rings. The van der Waals surface area contributed by atoms with Crippen molar-refractivity contribution < 1.29 is 5.11 Å². The molecular weight excluding hydrogens is 212 g/mol. The summed E-state index contributed by atoms with van der Waals surface area (Å²) in [5.41, 5.74) is 1.23. The Morgan fingerprint density at radius 1 is 1.41 bits per heavy atom. The molecule has 0 spiro atoms. The Balaban J connectivity index is 1.84. The lowest BCUT2D eigenvalue weighted by Gasteiger charge is -2.22. The Kier molecular flexibility index (Phi) is 4.02. The molecule has 1 aliphatic heterocycles. The molecule has 2 rings (SSSR count). The molecule has 0 aliphatic carbocycles. The molecule has 2 unspecified atom stereocenters. The van der Waals surface area contributed by atoms with Gasteiger partial charge in [-0.15, -0.1) is 0 Å². The third-order valence-corrected chi connectivity index (χ3v) is 3.72. The van der Waals surface area contributed by atoms with Gasteiger partial charge in [0.15, 0.2) is 0 Å². The zero-order chi connectivity index (χ0) is 12.3. The average Bonchev–Trinajstić information content (AvgIpc) is 2.73. The molecule has 3 nitrogen and oxygen atoms in total. The monoisotopic (exact) mass is 234 g/mol. The van der Waals surface area contributed by atoms with Crippen molar-refractivity contribution in [2.24, 2.45) is 0 Å². The quantitative estimate of drug-likeness (QED) is 0.838. The molecule has 2 atom stereocenters. The van der Waals surface area contributed by atoms with E-state index in [2.05, 4.69) is 24.2 Å². The van der Waals surface area contributed by atoms with E-state index in [1.165, 1.54) is 24.9 Å². The summed E-state index contributed by atoms with van der Waals surface area (Å²) < 4.78 is 0. The minimum absolute atomic E-state index is 0.330. The van der Waals surface area contributed by atoms with Crippen LogP contribution in [0.5, 0.6) is 5.75 Å². The van der Waals surface area contributed by atoms with Crippen LogP contribution in [-0.4, -0.2) is 36.2 Å². The number of phenols is 1. The molecule has 0 amide bonds. The Morgan fingerprint density at radius 2 is 2.12 bits per heavy atom. The Hall–Kier alpha value is -1.06. The second-order valence-corrected chi connectivity index (χ2v) is 5.00. The number of hydrogen-bond donors (Lipinski definition) is 2. The summed E-state index contributed by atoms with van der Waals surface area (Å²) >= 11 is 0. The van der Waals surface area contributed by atoms with Crippen LogP contribution in [0.4, 0.5) is 0 Å². The Morgan fingerprint density at radius 3 is 2.71 bits per heavy atom. The predicted octanol–water partition coefficient (Wildman–Crippen LogP) is 2.14. The highest BCUT2D eigenvalue weighted by molar-refractivity contribution is 5.27. The van der Waals surface area contributed by atoms with Crippen molar-refractivity contribution in [3.63, 3.8) is 0 Å². The number of benzene rings is 1. The lowest BCUT2D eigenvalue weighted by molar-refractivity contribution is 0.293. The molecule has 17 heavy (non-hydrogen) atoms. The lowest BCUT2D eigenvalue weighted by Crippen LogP contribution is -2.36. The van der Waals surface area contributed by atoms with Gasteiger partial charge in [0.2, 0.25) is 0 Å². The zero-order valence-corrected chi connectivity index (χ0v) is 10.7. The highest BCUT2D eigenvalue weighted by Crippen LogP contribution is 2.18. The molecule has 1 aromatic rings. The van der Waals surface area contributed by atoms with Crippen LogP contribution < -0.4 is 5.32 Å². The minimum Gasteiger partial charge on any atom is -0.508 e. The van der Waals surface area contributed by atoms with Crippen molar-refractivity contribution in [3.8, 4) is 5.75 Å². The van der Waals surface area contributed by atoms with Crippen molar-refractivity contribution >= 4 is 0 Å². The van der Waals surface area contributed by atoms with Crippen molar-refractivity contribution in [2.75, 3.05) is 20.1 Å². The molecule has 1 aromatic carbocycles. The lowest BCUT2D eigenvalue weighted by atomic mass is 10.1. The van der Waals surface area contributed by atoms with Crippen LogP contribution in [0.1, 0.15) is 31.4 Å². The number of rotatable bonds is 4. The fourth-order valence-electron chi connectivity index (χ4n) is 2.43. The fraction of sp³-hybridized carbons (Fsp3) is 0.571. The summed E-state index contributed by atoms with van der Waals surface area (Å²) in [4.78, 5) is 2.43. The summed E-state index contributed by atoms with van der Waals surface area (Å²) in [7, 11) is 2.20. The van der Waals surface area contributed by atoms with Gasteiger partial charge in [-0.1, -0.05) is 12.1 Å². The molecule has 2 N–H and O–H groups in total. The van der Waals surface area contributed by atoms with Gasteiger partial charge in [0.05, 0.1) is 0 Å². The fourth-order valence-corrected chi connectivity index (χ4v) is 2.43. The van der Waals surface area contributed by atoms with Crippen molar-refractivity contribution in [1.82, 2.24) is 10.2 Å². The maximum Gasteiger partial charge on any atom is 0.115 e. The molecule has 1 saturated heterocycles. The first-order chi connectivity index (χ1) is 8.16. The Labute approximate surface area is 103 Å². The van der Waals surface area contributed by atoms with Gasteiger partial charge in [-0.05, 0) is 51.1 Å². The normalized spacial score (nSPS) is 22.8. The second-order valence-electron chi connectivity index (χ2n) is 5.00. The summed E-state index contributed by atoms with van der Waals surface area (Å²) in [6, 6.07) is 8.46. The number of likely N-dealkylation sites (tertiary alicyclic amines) is 1. The standard InChI is InChI=1S/C14H22N2O/c1-11(12-5-7-14(17)8-6-12)15-10-13-4-3-9-16(13)2/h5-8,11,13,15,17H,3-4,9-10H2,1-2H3. The van der Waals surface area contributed by atoms with E-state index >= 15 is 0 Å². The van der Waals surface area contributed by atoms with Gasteiger partial charge in [-0.3, -0.25) is 0 Å². The highest BCUT2D eigenvalue weighted by Gasteiger charge is 2.20. The van der Waals surface area contributed by atoms with Crippen LogP contribution in [0.2, 0.25) is 0 Å². The number of aromatic hydroxyl groups is 1. The number of hydrogen-bond acceptors (Lipinski definition) is 3. The first-order valence-electron chi connectivity index (χ1n) is 6.39. The van der Waals surface area contributed by atoms with Crippen molar-refractivity contribution in [3.05, 3.63) is 29.8 Å². The molecule has 94 valence electrons. The molecule has 0 radical (unpaired) electrons. The average molecular weight is 234 g/mol. The minimum atomic E-state index is 0.330. The van der Waals surface area contributed by atoms with Gasteiger partial charge in [-0.25, -0.2) is 0 Å². The van der Waals surface area contributed by atoms with E-state index in [0.29, 0.717) is 17.8 Å². The maximum atomic E-state index is 9.25. The molecule has 1 aliphatic rings. The Bertz CT molecular complexity index is 350. The van der Waals surface area contributed by atoms with E-state index in [9.17, 15) is 5.11 Å². The molecule has 0 saturated carbocycles. The summed E-state index contributed by atoms with van der Waals surface area (Å²) in [5.74, 6) is 0.330. The van der Waals surface area contributed by atoms with E-state index in [1.807, 2.05) is 12.1 Å². The van der Waals surface area contributed by atoms with Crippen LogP contribution in [0.25, 0.3) is 0 Å². The van der Waals surface area contributed by atoms with Crippen LogP contribution >= 0.6 is 0 Å². The molecule has 0 bridgehead atoms. The largest absolute Gasteiger partial charge is 0.508 e. The van der Waals surface area contributed by atoms with E-state index in [-0.39, 0.29) is 0 Å². The summed E-state index contributed by atoms with van der Waals surface area (Å²) in [5, 5.41) is 12.8. The SMILES string of the molecule is CC(NCC1CCCN1C)c1ccc(O)cc1. The van der Waals surface area contributed by atoms with Crippen molar-refractivity contribution in [1.29, 1.82) is 0 Å². The zero-order valence-electron chi connectivity index (χ0n) is 10.7. The van der Waals surface area contributed by atoms with Gasteiger partial charge in [0.1, 0.15) is 5.75 Å². The maximum absolute atomic E-state index is 9.25. The molecule has 3 heteroatoms. The van der Waals surface area contributed by atoms with Gasteiger partial charge in [0, 0.05) is 18.6 Å². The summed E-state index contributed by atoms with van der Waals surface area (Å²) in [6.45, 7) is 4.43. The number of phenolic OH excluding ortho intramolecular Hbond substituents is 1. The van der Waals surface area contributed by atoms with Crippen LogP contribution in [0.15, 0.2) is 24.3 Å². The topological polar surface area (TPSA) is 35.5 Å². The van der Waals surface area contributed by atoms with Crippen LogP contribution in [0.3, 0.4) is 0 Å². The number of nitrogens with one attached hydrogen (secondary N) is 1. The number of nitrogens with zero attached hydrogens (tertiary/aromatic N) is 1. The third kappa shape index (κ3) is 3.20. The molecular formula is C14H22N2O.